The summed E-state index contributed by atoms with van der Waals surface area (Å²) in [5.41, 5.74) is 0.447. The number of hydrogen-bond donors (Lipinski definition) is 2. The van der Waals surface area contributed by atoms with Crippen LogP contribution in [-0.2, 0) is 25.5 Å². The van der Waals surface area contributed by atoms with Crippen molar-refractivity contribution in [3.63, 3.8) is 0 Å². The minimum absolute atomic E-state index is 0.0197. The number of nitrogens with one attached hydrogen (secondary N) is 1. The van der Waals surface area contributed by atoms with E-state index in [0.717, 1.165) is 6.07 Å². The van der Waals surface area contributed by atoms with Crippen molar-refractivity contribution in [2.24, 2.45) is 0 Å². The van der Waals surface area contributed by atoms with Crippen molar-refractivity contribution in [2.75, 3.05) is 33.5 Å². The van der Waals surface area contributed by atoms with E-state index in [2.05, 4.69) is 15.6 Å². The van der Waals surface area contributed by atoms with Crippen LogP contribution in [0.2, 0.25) is 0 Å². The molecular weight excluding hydrogens is 387 g/mol. The van der Waals surface area contributed by atoms with E-state index < -0.39 is 23.7 Å². The normalized spacial score (nSPS) is 17.7. The Kier molecular flexibility index (Phi) is 6.86. The lowest BCUT2D eigenvalue weighted by molar-refractivity contribution is -0.140. The largest absolute Gasteiger partial charge is 0.480 e. The van der Waals surface area contributed by atoms with E-state index in [-0.39, 0.29) is 23.8 Å². The number of carboxylic acid groups (broad SMARTS) is 1. The number of hydrogen-bond acceptors (Lipinski definition) is 7. The zero-order chi connectivity index (χ0) is 20.8. The fourth-order valence-electron chi connectivity index (χ4n) is 2.81. The Morgan fingerprint density at radius 3 is 2.93 bits per heavy atom. The number of carbonyl (C=O) groups is 2. The van der Waals surface area contributed by atoms with Crippen molar-refractivity contribution in [3.8, 4) is 11.3 Å². The first kappa shape index (κ1) is 20.8. The lowest BCUT2D eigenvalue weighted by atomic mass is 10.1. The molecular formula is C18H21FN4O6. The SMILES string of the molecule is COCC(NC(=O)c1ccc(-c2cn(C[C@@H]3COCCO3)nn2)c(F)c1)C(=O)O. The predicted molar refractivity (Wildman–Crippen MR) is 96.7 cm³/mol. The predicted octanol–water partition coefficient (Wildman–Crippen LogP) is 0.329. The molecule has 3 rings (SSSR count). The van der Waals surface area contributed by atoms with Gasteiger partial charge in [0.15, 0.2) is 6.04 Å². The number of aromatic nitrogens is 3. The molecule has 10 nitrogen and oxygen atoms in total. The molecule has 1 fully saturated rings. The van der Waals surface area contributed by atoms with Crippen molar-refractivity contribution in [1.82, 2.24) is 20.3 Å². The number of ether oxygens (including phenoxy) is 3. The highest BCUT2D eigenvalue weighted by Gasteiger charge is 2.22. The molecule has 0 aliphatic carbocycles. The minimum atomic E-state index is -1.25. The molecule has 0 bridgehead atoms. The van der Waals surface area contributed by atoms with Crippen molar-refractivity contribution in [2.45, 2.75) is 18.7 Å². The van der Waals surface area contributed by atoms with Gasteiger partial charge in [-0.25, -0.2) is 13.9 Å². The number of carbonyl (C=O) groups excluding carboxylic acids is 1. The van der Waals surface area contributed by atoms with Gasteiger partial charge in [-0.1, -0.05) is 5.21 Å². The Balaban J connectivity index is 1.69. The number of nitrogens with zero attached hydrogens (tertiary/aromatic N) is 3. The number of halogens is 1. The summed E-state index contributed by atoms with van der Waals surface area (Å²) in [7, 11) is 1.32. The third-order valence-corrected chi connectivity index (χ3v) is 4.26. The second kappa shape index (κ2) is 9.54. The molecule has 1 unspecified atom stereocenters. The summed E-state index contributed by atoms with van der Waals surface area (Å²) in [6.07, 6.45) is 1.43. The van der Waals surface area contributed by atoms with Crippen molar-refractivity contribution in [3.05, 3.63) is 35.8 Å². The molecule has 0 radical (unpaired) electrons. The molecule has 2 heterocycles. The fraction of sp³-hybridized carbons (Fsp3) is 0.444. The quantitative estimate of drug-likeness (QED) is 0.640. The summed E-state index contributed by atoms with van der Waals surface area (Å²) in [4.78, 5) is 23.3. The highest BCUT2D eigenvalue weighted by atomic mass is 19.1. The van der Waals surface area contributed by atoms with Crippen LogP contribution in [0.1, 0.15) is 10.4 Å². The monoisotopic (exact) mass is 408 g/mol. The third-order valence-electron chi connectivity index (χ3n) is 4.26. The van der Waals surface area contributed by atoms with Crippen LogP contribution in [0.25, 0.3) is 11.3 Å². The first-order chi connectivity index (χ1) is 14.0. The number of aliphatic carboxylic acids is 1. The molecule has 1 aliphatic heterocycles. The molecule has 0 spiro atoms. The highest BCUT2D eigenvalue weighted by molar-refractivity contribution is 5.97. The summed E-state index contributed by atoms with van der Waals surface area (Å²) < 4.78 is 31.7. The van der Waals surface area contributed by atoms with E-state index in [0.29, 0.717) is 32.1 Å². The molecule has 2 atom stereocenters. The number of benzene rings is 1. The van der Waals surface area contributed by atoms with Gasteiger partial charge in [-0.05, 0) is 18.2 Å². The van der Waals surface area contributed by atoms with Crippen molar-refractivity contribution >= 4 is 11.9 Å². The van der Waals surface area contributed by atoms with E-state index >= 15 is 0 Å². The Hall–Kier alpha value is -2.89. The standard InChI is InChI=1S/C18H21FN4O6/c1-27-10-16(18(25)26)20-17(24)11-2-3-13(14(19)6-11)15-8-23(22-21-15)7-12-9-28-4-5-29-12/h2-3,6,8,12,16H,4-5,7,9-10H2,1H3,(H,20,24)(H,25,26)/t12-,16?/m1/s1. The van der Waals surface area contributed by atoms with Crippen molar-refractivity contribution in [1.29, 1.82) is 0 Å². The van der Waals surface area contributed by atoms with Gasteiger partial charge in [0.05, 0.1) is 39.2 Å². The summed E-state index contributed by atoms with van der Waals surface area (Å²) in [6.45, 7) is 1.74. The maximum absolute atomic E-state index is 14.6. The molecule has 1 amide bonds. The number of rotatable bonds is 8. The molecule has 1 saturated heterocycles. The first-order valence-corrected chi connectivity index (χ1v) is 8.90. The zero-order valence-corrected chi connectivity index (χ0v) is 15.7. The summed E-state index contributed by atoms with van der Waals surface area (Å²) >= 11 is 0. The van der Waals surface area contributed by atoms with Crippen LogP contribution in [-0.4, -0.2) is 77.7 Å². The summed E-state index contributed by atoms with van der Waals surface area (Å²) in [5, 5.41) is 19.3. The van der Waals surface area contributed by atoms with E-state index in [4.69, 9.17) is 19.3 Å². The molecule has 1 aromatic heterocycles. The van der Waals surface area contributed by atoms with Crippen LogP contribution in [0.15, 0.2) is 24.4 Å². The highest BCUT2D eigenvalue weighted by Crippen LogP contribution is 2.22. The lowest BCUT2D eigenvalue weighted by Crippen LogP contribution is -2.43. The number of methoxy groups -OCH3 is 1. The molecule has 29 heavy (non-hydrogen) atoms. The van der Waals surface area contributed by atoms with Gasteiger partial charge in [-0.3, -0.25) is 4.79 Å². The minimum Gasteiger partial charge on any atom is -0.480 e. The molecule has 11 heteroatoms. The van der Waals surface area contributed by atoms with E-state index in [9.17, 15) is 14.0 Å². The molecule has 156 valence electrons. The van der Waals surface area contributed by atoms with Crippen LogP contribution >= 0.6 is 0 Å². The van der Waals surface area contributed by atoms with E-state index in [1.54, 1.807) is 6.20 Å². The van der Waals surface area contributed by atoms with Gasteiger partial charge in [0.2, 0.25) is 0 Å². The third kappa shape index (κ3) is 5.34. The van der Waals surface area contributed by atoms with Gasteiger partial charge < -0.3 is 24.6 Å². The van der Waals surface area contributed by atoms with Crippen LogP contribution < -0.4 is 5.32 Å². The zero-order valence-electron chi connectivity index (χ0n) is 15.7. The van der Waals surface area contributed by atoms with Gasteiger partial charge in [0, 0.05) is 18.2 Å². The van der Waals surface area contributed by atoms with E-state index in [1.807, 2.05) is 0 Å². The Labute approximate surface area is 165 Å². The second-order valence-corrected chi connectivity index (χ2v) is 6.41. The Bertz CT molecular complexity index is 868. The van der Waals surface area contributed by atoms with Gasteiger partial charge in [-0.2, -0.15) is 0 Å². The van der Waals surface area contributed by atoms with Gasteiger partial charge in [-0.15, -0.1) is 5.10 Å². The Morgan fingerprint density at radius 1 is 1.45 bits per heavy atom. The van der Waals surface area contributed by atoms with Crippen LogP contribution in [0.4, 0.5) is 4.39 Å². The molecule has 1 aromatic carbocycles. The van der Waals surface area contributed by atoms with Crippen LogP contribution in [0.3, 0.4) is 0 Å². The second-order valence-electron chi connectivity index (χ2n) is 6.41. The maximum Gasteiger partial charge on any atom is 0.328 e. The van der Waals surface area contributed by atoms with Crippen molar-refractivity contribution < 1.29 is 33.3 Å². The summed E-state index contributed by atoms with van der Waals surface area (Å²) in [6, 6.07) is 2.57. The number of carboxylic acids is 1. The molecule has 0 saturated carbocycles. The molecule has 2 N–H and O–H groups in total. The smallest absolute Gasteiger partial charge is 0.328 e. The van der Waals surface area contributed by atoms with E-state index in [1.165, 1.54) is 23.9 Å². The van der Waals surface area contributed by atoms with Gasteiger partial charge >= 0.3 is 5.97 Å². The van der Waals surface area contributed by atoms with Gasteiger partial charge in [0.25, 0.3) is 5.91 Å². The first-order valence-electron chi connectivity index (χ1n) is 8.90. The van der Waals surface area contributed by atoms with Crippen LogP contribution in [0.5, 0.6) is 0 Å². The summed E-state index contributed by atoms with van der Waals surface area (Å²) in [5.74, 6) is -2.65. The average molecular weight is 408 g/mol. The van der Waals surface area contributed by atoms with Crippen LogP contribution in [0, 0.1) is 5.82 Å². The Morgan fingerprint density at radius 2 is 2.28 bits per heavy atom. The number of amides is 1. The van der Waals surface area contributed by atoms with Gasteiger partial charge in [0.1, 0.15) is 17.6 Å². The molecule has 1 aliphatic rings. The molecule has 2 aromatic rings. The maximum atomic E-state index is 14.6. The average Bonchev–Trinajstić information content (AvgIpc) is 3.16. The fourth-order valence-corrected chi connectivity index (χ4v) is 2.81. The lowest BCUT2D eigenvalue weighted by Gasteiger charge is -2.22. The topological polar surface area (TPSA) is 125 Å².